The molecule has 0 aliphatic heterocycles. The van der Waals surface area contributed by atoms with Crippen molar-refractivity contribution in [1.29, 1.82) is 0 Å². The summed E-state index contributed by atoms with van der Waals surface area (Å²) in [5.74, 6) is -1.08. The lowest BCUT2D eigenvalue weighted by atomic mass is 10.0. The molecule has 0 spiro atoms. The molecule has 7 nitrogen and oxygen atoms in total. The van der Waals surface area contributed by atoms with E-state index in [4.69, 9.17) is 14.2 Å². The van der Waals surface area contributed by atoms with E-state index in [2.05, 4.69) is 15.3 Å². The molecule has 156 valence electrons. The summed E-state index contributed by atoms with van der Waals surface area (Å²) in [7, 11) is 2.61. The van der Waals surface area contributed by atoms with Crippen LogP contribution in [0.1, 0.15) is 23.7 Å². The first-order valence-corrected chi connectivity index (χ1v) is 8.52. The van der Waals surface area contributed by atoms with Gasteiger partial charge in [0, 0.05) is 12.6 Å². The highest BCUT2D eigenvalue weighted by Crippen LogP contribution is 2.30. The molecule has 1 aromatic carbocycles. The van der Waals surface area contributed by atoms with Crippen LogP contribution in [0.3, 0.4) is 0 Å². The van der Waals surface area contributed by atoms with Gasteiger partial charge in [-0.2, -0.15) is 18.2 Å². The zero-order valence-corrected chi connectivity index (χ0v) is 16.0. The van der Waals surface area contributed by atoms with Gasteiger partial charge < -0.3 is 19.5 Å². The average Bonchev–Trinajstić information content (AvgIpc) is 2.70. The number of aromatic nitrogens is 2. The fraction of sp³-hybridized carbons (Fsp3) is 0.316. The first-order valence-electron chi connectivity index (χ1n) is 8.52. The molecular weight excluding hydrogens is 391 g/mol. The molecule has 1 heterocycles. The second-order valence-corrected chi connectivity index (χ2v) is 5.65. The molecule has 0 saturated carbocycles. The lowest BCUT2D eigenvalue weighted by Gasteiger charge is -2.14. The number of hydrogen-bond acceptors (Lipinski definition) is 7. The third-order valence-corrected chi connectivity index (χ3v) is 3.65. The van der Waals surface area contributed by atoms with Crippen molar-refractivity contribution in [3.63, 3.8) is 0 Å². The van der Waals surface area contributed by atoms with Crippen LogP contribution in [0.4, 0.5) is 19.1 Å². The molecule has 0 aliphatic rings. The van der Waals surface area contributed by atoms with Gasteiger partial charge in [-0.05, 0) is 18.1 Å². The maximum atomic E-state index is 13.1. The number of carbonyl (C=O) groups excluding carboxylic acids is 1. The van der Waals surface area contributed by atoms with Crippen LogP contribution < -0.4 is 10.1 Å². The zero-order chi connectivity index (χ0) is 21.4. The van der Waals surface area contributed by atoms with E-state index in [1.807, 2.05) is 0 Å². The molecule has 0 fully saturated rings. The number of nitrogens with zero attached hydrogens (tertiary/aromatic N) is 2. The number of nitrogens with one attached hydrogen (secondary N) is 1. The van der Waals surface area contributed by atoms with E-state index in [1.165, 1.54) is 20.5 Å². The van der Waals surface area contributed by atoms with E-state index in [1.54, 1.807) is 31.2 Å². The zero-order valence-electron chi connectivity index (χ0n) is 16.0. The average molecular weight is 411 g/mol. The fourth-order valence-corrected chi connectivity index (χ4v) is 2.39. The van der Waals surface area contributed by atoms with Crippen molar-refractivity contribution >= 4 is 17.5 Å². The van der Waals surface area contributed by atoms with E-state index in [9.17, 15) is 18.0 Å². The largest absolute Gasteiger partial charge is 0.503 e. The van der Waals surface area contributed by atoms with Gasteiger partial charge in [0.1, 0.15) is 12.2 Å². The minimum atomic E-state index is -4.65. The highest BCUT2D eigenvalue weighted by molar-refractivity contribution is 6.16. The molecule has 0 amide bonds. The first kappa shape index (κ1) is 22.0. The van der Waals surface area contributed by atoms with Crippen LogP contribution in [0.2, 0.25) is 0 Å². The van der Waals surface area contributed by atoms with Gasteiger partial charge in [-0.25, -0.2) is 9.78 Å². The first-order chi connectivity index (χ1) is 13.8. The maximum Gasteiger partial charge on any atom is 0.433 e. The van der Waals surface area contributed by atoms with Gasteiger partial charge in [0.15, 0.2) is 5.69 Å². The Labute approximate surface area is 165 Å². The lowest BCUT2D eigenvalue weighted by Crippen LogP contribution is -2.13. The minimum Gasteiger partial charge on any atom is -0.503 e. The van der Waals surface area contributed by atoms with Crippen molar-refractivity contribution in [3.05, 3.63) is 53.4 Å². The molecule has 0 radical (unpaired) electrons. The number of benzene rings is 1. The van der Waals surface area contributed by atoms with Crippen molar-refractivity contribution in [3.8, 4) is 5.88 Å². The predicted molar refractivity (Wildman–Crippen MR) is 99.0 cm³/mol. The van der Waals surface area contributed by atoms with Crippen LogP contribution in [0.5, 0.6) is 5.88 Å². The van der Waals surface area contributed by atoms with Crippen molar-refractivity contribution in [2.24, 2.45) is 0 Å². The van der Waals surface area contributed by atoms with Gasteiger partial charge in [0.05, 0.1) is 20.5 Å². The number of esters is 1. The van der Waals surface area contributed by atoms with Gasteiger partial charge in [0.2, 0.25) is 11.8 Å². The van der Waals surface area contributed by atoms with E-state index < -0.39 is 17.8 Å². The Morgan fingerprint density at radius 3 is 2.55 bits per heavy atom. The van der Waals surface area contributed by atoms with Crippen LogP contribution in [0.15, 0.2) is 36.6 Å². The number of halogens is 3. The molecule has 29 heavy (non-hydrogen) atoms. The van der Waals surface area contributed by atoms with Crippen molar-refractivity contribution < 1.29 is 32.2 Å². The lowest BCUT2D eigenvalue weighted by molar-refractivity contribution is -0.141. The topological polar surface area (TPSA) is 82.6 Å². The standard InChI is InChI=1S/C19H20F3N3O4/c1-4-23-18-24-15(19(20,21)22)9-16(25-18)29-10-12-7-5-6-8-13(12)14(11-27-2)17(26)28-3/h5-9,11H,4,10H2,1-3H3,(H,23,24,25)/b14-11+. The summed E-state index contributed by atoms with van der Waals surface area (Å²) in [5, 5.41) is 2.64. The number of carbonyl (C=O) groups is 1. The van der Waals surface area contributed by atoms with Crippen molar-refractivity contribution in [2.75, 3.05) is 26.1 Å². The van der Waals surface area contributed by atoms with Gasteiger partial charge >= 0.3 is 12.1 Å². The quantitative estimate of drug-likeness (QED) is 0.403. The molecule has 0 bridgehead atoms. The van der Waals surface area contributed by atoms with Gasteiger partial charge in [0.25, 0.3) is 0 Å². The Morgan fingerprint density at radius 1 is 1.21 bits per heavy atom. The summed E-state index contributed by atoms with van der Waals surface area (Å²) in [6.07, 6.45) is -3.43. The summed E-state index contributed by atoms with van der Waals surface area (Å²) in [6, 6.07) is 7.43. The molecule has 0 unspecified atom stereocenters. The Hall–Kier alpha value is -3.30. The molecule has 0 saturated heterocycles. The smallest absolute Gasteiger partial charge is 0.433 e. The number of ether oxygens (including phenoxy) is 3. The van der Waals surface area contributed by atoms with Crippen LogP contribution in [0.25, 0.3) is 5.57 Å². The normalized spacial score (nSPS) is 11.7. The minimum absolute atomic E-state index is 0.140. The van der Waals surface area contributed by atoms with Crippen LogP contribution in [0, 0.1) is 0 Å². The third-order valence-electron chi connectivity index (χ3n) is 3.65. The second-order valence-electron chi connectivity index (χ2n) is 5.65. The summed E-state index contributed by atoms with van der Waals surface area (Å²) >= 11 is 0. The SMILES string of the molecule is CCNc1nc(OCc2ccccc2/C(=C\OC)C(=O)OC)cc(C(F)(F)F)n1. The summed E-state index contributed by atoms with van der Waals surface area (Å²) in [4.78, 5) is 19.4. The third kappa shape index (κ3) is 5.84. The summed E-state index contributed by atoms with van der Waals surface area (Å²) < 4.78 is 54.4. The van der Waals surface area contributed by atoms with Gasteiger partial charge in [-0.1, -0.05) is 24.3 Å². The molecule has 0 atom stereocenters. The monoisotopic (exact) mass is 411 g/mol. The molecule has 0 aliphatic carbocycles. The van der Waals surface area contributed by atoms with Gasteiger partial charge in [-0.3, -0.25) is 0 Å². The van der Waals surface area contributed by atoms with Crippen LogP contribution in [-0.4, -0.2) is 36.7 Å². The highest BCUT2D eigenvalue weighted by atomic mass is 19.4. The van der Waals surface area contributed by atoms with E-state index in [-0.39, 0.29) is 24.0 Å². The van der Waals surface area contributed by atoms with Crippen LogP contribution >= 0.6 is 0 Å². The predicted octanol–water partition coefficient (Wildman–Crippen LogP) is 3.67. The molecule has 1 aromatic heterocycles. The second kappa shape index (κ2) is 9.76. The van der Waals surface area contributed by atoms with Crippen molar-refractivity contribution in [1.82, 2.24) is 9.97 Å². The molecule has 2 aromatic rings. The Morgan fingerprint density at radius 2 is 1.93 bits per heavy atom. The Balaban J connectivity index is 2.34. The number of methoxy groups -OCH3 is 2. The Kier molecular flexibility index (Phi) is 7.40. The number of hydrogen-bond donors (Lipinski definition) is 1. The van der Waals surface area contributed by atoms with E-state index >= 15 is 0 Å². The number of alkyl halides is 3. The summed E-state index contributed by atoms with van der Waals surface area (Å²) in [5.41, 5.74) is -0.000880. The van der Waals surface area contributed by atoms with E-state index in [0.29, 0.717) is 17.7 Å². The number of anilines is 1. The molecule has 2 rings (SSSR count). The van der Waals surface area contributed by atoms with Gasteiger partial charge in [-0.15, -0.1) is 0 Å². The fourth-order valence-electron chi connectivity index (χ4n) is 2.39. The summed E-state index contributed by atoms with van der Waals surface area (Å²) in [6.45, 7) is 1.90. The van der Waals surface area contributed by atoms with Crippen molar-refractivity contribution in [2.45, 2.75) is 19.7 Å². The maximum absolute atomic E-state index is 13.1. The molecule has 10 heteroatoms. The van der Waals surface area contributed by atoms with E-state index in [0.717, 1.165) is 6.07 Å². The van der Waals surface area contributed by atoms with Crippen LogP contribution in [-0.2, 0) is 27.1 Å². The molecule has 1 N–H and O–H groups in total. The Bertz CT molecular complexity index is 885. The molecular formula is C19H20F3N3O4. The number of rotatable bonds is 8. The highest BCUT2D eigenvalue weighted by Gasteiger charge is 2.34.